The Balaban J connectivity index is 0. The molecule has 3 nitrogen and oxygen atoms in total. The molecule has 0 aromatic rings. The van der Waals surface area contributed by atoms with Crippen LogP contribution in [0.4, 0.5) is 0 Å². The molecule has 0 heterocycles. The van der Waals surface area contributed by atoms with Crippen molar-refractivity contribution in [2.75, 3.05) is 0 Å². The largest absolute Gasteiger partial charge is 3.00 e. The molecule has 9 heavy (non-hydrogen) atoms. The molecular formula is H4Cr2La2Mg2O3. The van der Waals surface area contributed by atoms with Crippen molar-refractivity contribution in [1.82, 2.24) is 0 Å². The van der Waals surface area contributed by atoms with E-state index in [1.807, 2.05) is 0 Å². The minimum Gasteiger partial charge on any atom is -2.00 e. The van der Waals surface area contributed by atoms with Gasteiger partial charge >= 0.3 is 80.8 Å². The zero-order valence-corrected chi connectivity index (χ0v) is 17.2. The Kier molecular flexibility index (Phi) is 824. The Labute approximate surface area is 170 Å². The standard InChI is InChI=1S/2Cr.2La.2Mg.3O.4H/q2*+3;;;2*+2;3*-2;4*-1. The fourth-order valence-corrected chi connectivity index (χ4v) is 0. The Morgan fingerprint density at radius 3 is 0.556 bits per heavy atom. The first-order valence-electron chi connectivity index (χ1n) is 0. The maximum Gasteiger partial charge on any atom is 3.00 e. The Bertz CT molecular complexity index is 29.4. The van der Waals surface area contributed by atoms with Crippen LogP contribution in [0.25, 0.3) is 0 Å². The van der Waals surface area contributed by atoms with Gasteiger partial charge in [0.2, 0.25) is 0 Å². The van der Waals surface area contributed by atoms with Crippen molar-refractivity contribution < 1.29 is 128 Å². The van der Waals surface area contributed by atoms with Gasteiger partial charge < -0.3 is 22.1 Å². The summed E-state index contributed by atoms with van der Waals surface area (Å²) in [4.78, 5) is 0. The van der Waals surface area contributed by atoms with Crippen LogP contribution in [0.5, 0.6) is 0 Å². The second kappa shape index (κ2) is 76.5. The zero-order chi connectivity index (χ0) is 0. The molecule has 4 radical (unpaired) electrons. The van der Waals surface area contributed by atoms with Crippen LogP contribution in [0.1, 0.15) is 5.71 Å². The molecule has 0 saturated heterocycles. The second-order valence-corrected chi connectivity index (χ2v) is 0. The number of rotatable bonds is 0. The van der Waals surface area contributed by atoms with Crippen molar-refractivity contribution in [2.24, 2.45) is 0 Å². The normalized spacial score (nSPS) is 0. The fourth-order valence-electron chi connectivity index (χ4n) is 0. The van der Waals surface area contributed by atoms with Crippen LogP contribution < -0.4 is 0 Å². The Hall–Kier alpha value is 4.87. The van der Waals surface area contributed by atoms with Gasteiger partial charge in [0, 0.05) is 71.2 Å². The van der Waals surface area contributed by atoms with Gasteiger partial charge in [-0.05, 0) is 0 Å². The van der Waals surface area contributed by atoms with E-state index in [-0.39, 0.29) is 174 Å². The molecule has 0 atom stereocenters. The van der Waals surface area contributed by atoms with Gasteiger partial charge in [0.1, 0.15) is 0 Å². The van der Waals surface area contributed by atoms with Crippen LogP contribution in [-0.4, -0.2) is 46.1 Å². The van der Waals surface area contributed by atoms with Crippen LogP contribution in [0.3, 0.4) is 0 Å². The molecule has 0 aliphatic carbocycles. The van der Waals surface area contributed by atoms with E-state index in [1.165, 1.54) is 0 Å². The van der Waals surface area contributed by atoms with E-state index in [4.69, 9.17) is 0 Å². The molecule has 9 heteroatoms. The van der Waals surface area contributed by atoms with Gasteiger partial charge in [-0.2, -0.15) is 0 Å². The van der Waals surface area contributed by atoms with E-state index in [0.717, 1.165) is 0 Å². The number of hydrogen-bond acceptors (Lipinski definition) is 0. The van der Waals surface area contributed by atoms with Gasteiger partial charge in [-0.1, -0.05) is 0 Å². The van der Waals surface area contributed by atoms with E-state index in [0.29, 0.717) is 0 Å². The van der Waals surface area contributed by atoms with Crippen molar-refractivity contribution >= 4 is 46.1 Å². The molecule has 0 aliphatic heterocycles. The van der Waals surface area contributed by atoms with E-state index in [1.54, 1.807) is 0 Å². The van der Waals surface area contributed by atoms with Gasteiger partial charge in [0.05, 0.1) is 0 Å². The van der Waals surface area contributed by atoms with Gasteiger partial charge in [-0.3, -0.25) is 0 Å². The first kappa shape index (κ1) is 96.9. The van der Waals surface area contributed by atoms with E-state index < -0.39 is 0 Å². The molecule has 0 fully saturated rings. The third kappa shape index (κ3) is 64.1. The molecule has 0 N–H and O–H groups in total. The predicted molar refractivity (Wildman–Crippen MR) is 18.0 cm³/mol. The summed E-state index contributed by atoms with van der Waals surface area (Å²) in [6.45, 7) is 0. The first-order valence-corrected chi connectivity index (χ1v) is 0. The summed E-state index contributed by atoms with van der Waals surface area (Å²) >= 11 is 0. The van der Waals surface area contributed by atoms with E-state index >= 15 is 0 Å². The molecule has 0 spiro atoms. The van der Waals surface area contributed by atoms with Crippen LogP contribution in [-0.2, 0) is 51.2 Å². The summed E-state index contributed by atoms with van der Waals surface area (Å²) in [5, 5.41) is 0. The van der Waals surface area contributed by atoms with Crippen molar-refractivity contribution in [3.05, 3.63) is 0 Å². The predicted octanol–water partition coefficient (Wildman–Crippen LogP) is -0.673. The molecule has 0 rings (SSSR count). The molecule has 0 bridgehead atoms. The topological polar surface area (TPSA) is 85.5 Å². The van der Waals surface area contributed by atoms with Crippen LogP contribution >= 0.6 is 0 Å². The molecule has 0 aliphatic rings. The minimum atomic E-state index is 0. The van der Waals surface area contributed by atoms with Crippen LogP contribution in [0.2, 0.25) is 0 Å². The van der Waals surface area contributed by atoms with Crippen LogP contribution in [0.15, 0.2) is 0 Å². The molecular weight excluding hydrogens is 478 g/mol. The Morgan fingerprint density at radius 2 is 0.556 bits per heavy atom. The maximum absolute atomic E-state index is 0. The average Bonchev–Trinajstić information content (AvgIpc) is 0. The average molecular weight is 482 g/mol. The van der Waals surface area contributed by atoms with E-state index in [2.05, 4.69) is 0 Å². The van der Waals surface area contributed by atoms with Gasteiger partial charge in [0.15, 0.2) is 0 Å². The van der Waals surface area contributed by atoms with Crippen molar-refractivity contribution in [3.63, 3.8) is 0 Å². The monoisotopic (exact) mass is 482 g/mol. The molecule has 0 saturated carbocycles. The van der Waals surface area contributed by atoms with Crippen molar-refractivity contribution in [2.45, 2.75) is 0 Å². The van der Waals surface area contributed by atoms with Crippen molar-refractivity contribution in [3.8, 4) is 0 Å². The zero-order valence-electron chi connectivity index (χ0n) is 8.61. The smallest absolute Gasteiger partial charge is 2.00 e. The molecule has 0 aromatic heterocycles. The summed E-state index contributed by atoms with van der Waals surface area (Å²) in [7, 11) is 0. The second-order valence-electron chi connectivity index (χ2n) is 0. The summed E-state index contributed by atoms with van der Waals surface area (Å²) in [6, 6.07) is 0. The SMILES string of the molecule is [Cr+3].[Cr+3].[H-].[H-].[H-].[H-].[La].[La].[Mg+2].[Mg+2].[O-2].[O-2].[O-2]. The summed E-state index contributed by atoms with van der Waals surface area (Å²) in [6.07, 6.45) is 0. The molecule has 0 aromatic carbocycles. The summed E-state index contributed by atoms with van der Waals surface area (Å²) in [5.41, 5.74) is 0. The van der Waals surface area contributed by atoms with E-state index in [9.17, 15) is 0 Å². The third-order valence-electron chi connectivity index (χ3n) is 0. The van der Waals surface area contributed by atoms with Gasteiger partial charge in [-0.25, -0.2) is 0 Å². The van der Waals surface area contributed by atoms with Gasteiger partial charge in [-0.15, -0.1) is 0 Å². The van der Waals surface area contributed by atoms with Crippen LogP contribution in [0, 0.1) is 71.2 Å². The fraction of sp³-hybridized carbons (Fsp3) is 0. The Morgan fingerprint density at radius 1 is 0.556 bits per heavy atom. The first-order chi connectivity index (χ1) is 0. The molecule has 0 amide bonds. The minimum absolute atomic E-state index is 0. The summed E-state index contributed by atoms with van der Waals surface area (Å²) < 4.78 is 0. The summed E-state index contributed by atoms with van der Waals surface area (Å²) in [5.74, 6) is 0. The molecule has 0 unspecified atom stereocenters. The molecule has 44 valence electrons. The quantitative estimate of drug-likeness (QED) is 0.411. The third-order valence-corrected chi connectivity index (χ3v) is 0. The number of hydrogen-bond donors (Lipinski definition) is 0. The van der Waals surface area contributed by atoms with Gasteiger partial charge in [0.25, 0.3) is 0 Å². The maximum atomic E-state index is 0. The van der Waals surface area contributed by atoms with Crippen molar-refractivity contribution in [1.29, 1.82) is 0 Å².